The van der Waals surface area contributed by atoms with Crippen molar-refractivity contribution in [2.75, 3.05) is 20.2 Å². The smallest absolute Gasteiger partial charge is 0.260 e. The summed E-state index contributed by atoms with van der Waals surface area (Å²) >= 11 is 0. The number of aromatic nitrogens is 1. The molecule has 1 aromatic carbocycles. The molecule has 0 bridgehead atoms. The number of halogens is 2. The second-order valence-corrected chi connectivity index (χ2v) is 6.10. The third kappa shape index (κ3) is 3.99. The van der Waals surface area contributed by atoms with E-state index in [9.17, 15) is 13.6 Å². The summed E-state index contributed by atoms with van der Waals surface area (Å²) < 4.78 is 38.5. The maximum atomic E-state index is 14.1. The van der Waals surface area contributed by atoms with Crippen molar-refractivity contribution in [3.8, 4) is 5.75 Å². The van der Waals surface area contributed by atoms with Crippen LogP contribution in [0, 0.1) is 11.6 Å². The van der Waals surface area contributed by atoms with E-state index in [0.717, 1.165) is 11.6 Å². The van der Waals surface area contributed by atoms with Gasteiger partial charge in [0.15, 0.2) is 11.6 Å². The minimum Gasteiger partial charge on any atom is -0.496 e. The van der Waals surface area contributed by atoms with Crippen LogP contribution in [-0.2, 0) is 11.3 Å². The number of hydrogen-bond donors (Lipinski definition) is 0. The first-order valence-corrected chi connectivity index (χ1v) is 8.42. The number of nitrogens with zero attached hydrogens (tertiary/aromatic N) is 2. The summed E-state index contributed by atoms with van der Waals surface area (Å²) in [5.74, 6) is -2.78. The molecule has 0 spiro atoms. The number of carbonyl (C=O) groups excluding carboxylic acids is 1. The molecular formula is C19H20F2N2O3. The van der Waals surface area contributed by atoms with Crippen molar-refractivity contribution in [3.05, 3.63) is 59.4 Å². The van der Waals surface area contributed by atoms with Crippen LogP contribution in [0.1, 0.15) is 28.8 Å². The van der Waals surface area contributed by atoms with E-state index in [1.165, 1.54) is 18.1 Å². The summed E-state index contributed by atoms with van der Waals surface area (Å²) in [5, 5.41) is 0. The lowest BCUT2D eigenvalue weighted by molar-refractivity contribution is -0.000639. The molecule has 1 amide bonds. The first-order valence-electron chi connectivity index (χ1n) is 8.42. The molecule has 0 N–H and O–H groups in total. The van der Waals surface area contributed by atoms with Gasteiger partial charge in [-0.15, -0.1) is 0 Å². The zero-order valence-electron chi connectivity index (χ0n) is 14.5. The number of benzene rings is 1. The third-order valence-electron chi connectivity index (χ3n) is 4.43. The molecule has 2 aromatic rings. The average Bonchev–Trinajstić information content (AvgIpc) is 2.69. The second-order valence-electron chi connectivity index (χ2n) is 6.10. The van der Waals surface area contributed by atoms with Crippen LogP contribution in [0.5, 0.6) is 5.75 Å². The molecule has 0 saturated carbocycles. The minimum absolute atomic E-state index is 0.0125. The van der Waals surface area contributed by atoms with Gasteiger partial charge in [0.05, 0.1) is 19.8 Å². The third-order valence-corrected chi connectivity index (χ3v) is 4.43. The highest BCUT2D eigenvalue weighted by Gasteiger charge is 2.29. The van der Waals surface area contributed by atoms with Crippen LogP contribution in [0.3, 0.4) is 0 Å². The van der Waals surface area contributed by atoms with Crippen molar-refractivity contribution in [2.45, 2.75) is 25.6 Å². The molecule has 1 fully saturated rings. The Morgan fingerprint density at radius 3 is 2.69 bits per heavy atom. The van der Waals surface area contributed by atoms with Gasteiger partial charge in [-0.05, 0) is 36.6 Å². The lowest BCUT2D eigenvalue weighted by Crippen LogP contribution is -2.41. The van der Waals surface area contributed by atoms with E-state index >= 15 is 0 Å². The number of methoxy groups -OCH3 is 1. The topological polar surface area (TPSA) is 51.7 Å². The van der Waals surface area contributed by atoms with Crippen molar-refractivity contribution in [1.29, 1.82) is 0 Å². The number of carbonyl (C=O) groups is 1. The van der Waals surface area contributed by atoms with Crippen LogP contribution in [-0.4, -0.2) is 42.1 Å². The summed E-state index contributed by atoms with van der Waals surface area (Å²) in [6.07, 6.45) is 4.72. The molecule has 26 heavy (non-hydrogen) atoms. The Morgan fingerprint density at radius 2 is 2.04 bits per heavy atom. The number of amides is 1. The molecule has 0 radical (unpaired) electrons. The maximum Gasteiger partial charge on any atom is 0.260 e. The summed E-state index contributed by atoms with van der Waals surface area (Å²) in [5.41, 5.74) is 0.625. The summed E-state index contributed by atoms with van der Waals surface area (Å²) in [6, 6.07) is 5.99. The van der Waals surface area contributed by atoms with E-state index in [4.69, 9.17) is 9.47 Å². The zero-order valence-corrected chi connectivity index (χ0v) is 14.5. The molecule has 7 heteroatoms. The lowest BCUT2D eigenvalue weighted by Gasteiger charge is -2.32. The highest BCUT2D eigenvalue weighted by Crippen LogP contribution is 2.27. The molecule has 1 aliphatic heterocycles. The van der Waals surface area contributed by atoms with E-state index in [1.807, 2.05) is 12.1 Å². The number of piperidine rings is 1. The van der Waals surface area contributed by atoms with Crippen molar-refractivity contribution in [3.63, 3.8) is 0 Å². The number of hydrogen-bond acceptors (Lipinski definition) is 4. The Hall–Kier alpha value is -2.54. The molecule has 0 aliphatic carbocycles. The van der Waals surface area contributed by atoms with E-state index in [2.05, 4.69) is 4.98 Å². The number of rotatable bonds is 5. The zero-order chi connectivity index (χ0) is 18.5. The fourth-order valence-corrected chi connectivity index (χ4v) is 2.98. The quantitative estimate of drug-likeness (QED) is 0.820. The van der Waals surface area contributed by atoms with Gasteiger partial charge in [0.25, 0.3) is 5.91 Å². The first kappa shape index (κ1) is 18.3. The summed E-state index contributed by atoms with van der Waals surface area (Å²) in [6.45, 7) is 1.28. The van der Waals surface area contributed by atoms with E-state index < -0.39 is 17.5 Å². The monoisotopic (exact) mass is 362 g/mol. The van der Waals surface area contributed by atoms with Crippen molar-refractivity contribution in [1.82, 2.24) is 9.88 Å². The van der Waals surface area contributed by atoms with Gasteiger partial charge in [-0.2, -0.15) is 0 Å². The maximum absolute atomic E-state index is 14.1. The Balaban J connectivity index is 1.60. The lowest BCUT2D eigenvalue weighted by atomic mass is 10.1. The Morgan fingerprint density at radius 1 is 1.27 bits per heavy atom. The van der Waals surface area contributed by atoms with Crippen molar-refractivity contribution < 1.29 is 23.0 Å². The summed E-state index contributed by atoms with van der Waals surface area (Å²) in [4.78, 5) is 18.2. The van der Waals surface area contributed by atoms with Crippen LogP contribution >= 0.6 is 0 Å². The van der Waals surface area contributed by atoms with Crippen LogP contribution in [0.15, 0.2) is 36.7 Å². The molecule has 1 aliphatic rings. The molecule has 0 unspecified atom stereocenters. The molecule has 5 nitrogen and oxygen atoms in total. The standard InChI is InChI=1S/C19H20F2N2O3/c1-25-16-5-4-15(20)18(21)17(16)19(24)23-9-6-14(7-10-23)26-12-13-3-2-8-22-11-13/h2-5,8,11,14H,6-7,9-10,12H2,1H3. The Labute approximate surface area is 150 Å². The van der Waals surface area contributed by atoms with Gasteiger partial charge in [0, 0.05) is 25.5 Å². The van der Waals surface area contributed by atoms with E-state index in [1.54, 1.807) is 12.4 Å². The largest absolute Gasteiger partial charge is 0.496 e. The van der Waals surface area contributed by atoms with Gasteiger partial charge >= 0.3 is 0 Å². The highest BCUT2D eigenvalue weighted by molar-refractivity contribution is 5.97. The van der Waals surface area contributed by atoms with Gasteiger partial charge < -0.3 is 14.4 Å². The normalized spacial score (nSPS) is 15.1. The molecule has 1 aromatic heterocycles. The number of likely N-dealkylation sites (tertiary alicyclic amines) is 1. The SMILES string of the molecule is COc1ccc(F)c(F)c1C(=O)N1CCC(OCc2cccnc2)CC1. The van der Waals surface area contributed by atoms with Crippen molar-refractivity contribution in [2.24, 2.45) is 0 Å². The Bertz CT molecular complexity index is 763. The molecule has 2 heterocycles. The van der Waals surface area contributed by atoms with Gasteiger partial charge in [-0.25, -0.2) is 8.78 Å². The predicted octanol–water partition coefficient (Wildman–Crippen LogP) is 3.19. The number of pyridine rings is 1. The first-order chi connectivity index (χ1) is 12.6. The number of ether oxygens (including phenoxy) is 2. The van der Waals surface area contributed by atoms with E-state index in [-0.39, 0.29) is 17.4 Å². The molecule has 1 saturated heterocycles. The summed E-state index contributed by atoms with van der Waals surface area (Å²) in [7, 11) is 1.32. The van der Waals surface area contributed by atoms with Gasteiger partial charge in [-0.1, -0.05) is 6.07 Å². The fourth-order valence-electron chi connectivity index (χ4n) is 2.98. The Kier molecular flexibility index (Phi) is 5.78. The van der Waals surface area contributed by atoms with E-state index in [0.29, 0.717) is 32.5 Å². The predicted molar refractivity (Wildman–Crippen MR) is 90.9 cm³/mol. The molecule has 3 rings (SSSR count). The minimum atomic E-state index is -1.18. The molecule has 0 atom stereocenters. The van der Waals surface area contributed by atoms with Gasteiger partial charge in [-0.3, -0.25) is 9.78 Å². The van der Waals surface area contributed by atoms with Crippen LogP contribution < -0.4 is 4.74 Å². The van der Waals surface area contributed by atoms with Crippen LogP contribution in [0.25, 0.3) is 0 Å². The fraction of sp³-hybridized carbons (Fsp3) is 0.368. The average molecular weight is 362 g/mol. The van der Waals surface area contributed by atoms with Gasteiger partial charge in [0.1, 0.15) is 11.3 Å². The van der Waals surface area contributed by atoms with Crippen LogP contribution in [0.2, 0.25) is 0 Å². The van der Waals surface area contributed by atoms with Gasteiger partial charge in [0.2, 0.25) is 0 Å². The highest BCUT2D eigenvalue weighted by atomic mass is 19.2. The molecular weight excluding hydrogens is 342 g/mol. The van der Waals surface area contributed by atoms with Crippen molar-refractivity contribution >= 4 is 5.91 Å². The molecule has 138 valence electrons. The van der Waals surface area contributed by atoms with Crippen LogP contribution in [0.4, 0.5) is 8.78 Å². The second kappa shape index (κ2) is 8.23.